The van der Waals surface area contributed by atoms with E-state index in [1.165, 1.54) is 0 Å². The molecule has 0 N–H and O–H groups in total. The Labute approximate surface area is 170 Å². The van der Waals surface area contributed by atoms with Gasteiger partial charge in [0.05, 0.1) is 7.11 Å². The average Bonchev–Trinajstić information content (AvgIpc) is 3.21. The summed E-state index contributed by atoms with van der Waals surface area (Å²) in [5.41, 5.74) is 2.97. The summed E-state index contributed by atoms with van der Waals surface area (Å²) < 4.78 is 16.2. The van der Waals surface area contributed by atoms with Crippen molar-refractivity contribution >= 4 is 5.91 Å². The zero-order valence-electron chi connectivity index (χ0n) is 17.1. The van der Waals surface area contributed by atoms with Crippen molar-refractivity contribution in [1.82, 2.24) is 15.0 Å². The highest BCUT2D eigenvalue weighted by atomic mass is 16.5. The quantitative estimate of drug-likeness (QED) is 0.577. The standard InChI is InChI=1S/C22H25N3O4/c1-5-25(21(26)14-28-19-8-6-7-15(2)16(19)3)13-20-23-22(24-29-20)17-9-11-18(27-4)12-10-17/h6-12H,5,13-14H2,1-4H3. The van der Waals surface area contributed by atoms with Crippen LogP contribution in [-0.4, -0.2) is 41.2 Å². The number of aromatic nitrogens is 2. The monoisotopic (exact) mass is 395 g/mol. The van der Waals surface area contributed by atoms with Gasteiger partial charge in [-0.3, -0.25) is 4.79 Å². The fourth-order valence-corrected chi connectivity index (χ4v) is 2.83. The van der Waals surface area contributed by atoms with Crippen molar-refractivity contribution in [2.75, 3.05) is 20.3 Å². The van der Waals surface area contributed by atoms with E-state index in [0.717, 1.165) is 22.4 Å². The van der Waals surface area contributed by atoms with Crippen LogP contribution >= 0.6 is 0 Å². The Balaban J connectivity index is 1.62. The number of carbonyl (C=O) groups excluding carboxylic acids is 1. The molecule has 0 bridgehead atoms. The van der Waals surface area contributed by atoms with E-state index in [2.05, 4.69) is 10.1 Å². The van der Waals surface area contributed by atoms with E-state index in [1.807, 2.05) is 63.2 Å². The van der Waals surface area contributed by atoms with Gasteiger partial charge in [0, 0.05) is 12.1 Å². The molecule has 1 heterocycles. The number of ether oxygens (including phenoxy) is 2. The fraction of sp³-hybridized carbons (Fsp3) is 0.318. The molecule has 0 fully saturated rings. The lowest BCUT2D eigenvalue weighted by molar-refractivity contribution is -0.134. The minimum atomic E-state index is -0.141. The maximum atomic E-state index is 12.6. The van der Waals surface area contributed by atoms with Gasteiger partial charge in [-0.2, -0.15) is 4.98 Å². The van der Waals surface area contributed by atoms with Gasteiger partial charge in [0.15, 0.2) is 6.61 Å². The van der Waals surface area contributed by atoms with Crippen LogP contribution < -0.4 is 9.47 Å². The van der Waals surface area contributed by atoms with Gasteiger partial charge in [0.2, 0.25) is 11.7 Å². The second kappa shape index (κ2) is 9.23. The Morgan fingerprint density at radius 2 is 1.90 bits per heavy atom. The summed E-state index contributed by atoms with van der Waals surface area (Å²) in [5, 5.41) is 4.01. The van der Waals surface area contributed by atoms with Crippen LogP contribution in [0.15, 0.2) is 47.0 Å². The number of rotatable bonds is 8. The highest BCUT2D eigenvalue weighted by molar-refractivity contribution is 5.77. The Kier molecular flexibility index (Phi) is 6.49. The van der Waals surface area contributed by atoms with E-state index < -0.39 is 0 Å². The van der Waals surface area contributed by atoms with Crippen LogP contribution in [0.2, 0.25) is 0 Å². The van der Waals surface area contributed by atoms with Crippen LogP contribution in [-0.2, 0) is 11.3 Å². The number of aryl methyl sites for hydroxylation is 1. The first kappa shape index (κ1) is 20.4. The Morgan fingerprint density at radius 3 is 2.59 bits per heavy atom. The zero-order chi connectivity index (χ0) is 20.8. The minimum Gasteiger partial charge on any atom is -0.497 e. The van der Waals surface area contributed by atoms with E-state index in [1.54, 1.807) is 12.0 Å². The summed E-state index contributed by atoms with van der Waals surface area (Å²) in [5.74, 6) is 2.17. The molecule has 3 aromatic rings. The Morgan fingerprint density at radius 1 is 1.14 bits per heavy atom. The normalized spacial score (nSPS) is 10.6. The van der Waals surface area contributed by atoms with Gasteiger partial charge in [0.1, 0.15) is 18.0 Å². The van der Waals surface area contributed by atoms with E-state index in [9.17, 15) is 4.79 Å². The average molecular weight is 395 g/mol. The predicted molar refractivity (Wildman–Crippen MR) is 109 cm³/mol. The van der Waals surface area contributed by atoms with E-state index in [-0.39, 0.29) is 19.1 Å². The van der Waals surface area contributed by atoms with Gasteiger partial charge in [0.25, 0.3) is 5.91 Å². The van der Waals surface area contributed by atoms with Crippen LogP contribution in [0, 0.1) is 13.8 Å². The summed E-state index contributed by atoms with van der Waals surface area (Å²) in [6.07, 6.45) is 0. The summed E-state index contributed by atoms with van der Waals surface area (Å²) in [6.45, 7) is 6.59. The van der Waals surface area contributed by atoms with Gasteiger partial charge in [-0.05, 0) is 62.2 Å². The smallest absolute Gasteiger partial charge is 0.260 e. The fourth-order valence-electron chi connectivity index (χ4n) is 2.83. The summed E-state index contributed by atoms with van der Waals surface area (Å²) in [6, 6.07) is 13.2. The molecular formula is C22H25N3O4. The second-order valence-corrected chi connectivity index (χ2v) is 6.63. The molecule has 2 aromatic carbocycles. The van der Waals surface area contributed by atoms with Crippen molar-refractivity contribution in [3.05, 3.63) is 59.5 Å². The number of methoxy groups -OCH3 is 1. The van der Waals surface area contributed by atoms with Gasteiger partial charge < -0.3 is 18.9 Å². The lowest BCUT2D eigenvalue weighted by Crippen LogP contribution is -2.34. The molecule has 0 atom stereocenters. The molecule has 29 heavy (non-hydrogen) atoms. The zero-order valence-corrected chi connectivity index (χ0v) is 17.1. The topological polar surface area (TPSA) is 77.7 Å². The molecule has 1 aromatic heterocycles. The number of likely N-dealkylation sites (N-methyl/N-ethyl adjacent to an activating group) is 1. The SMILES string of the molecule is CCN(Cc1nc(-c2ccc(OC)cc2)no1)C(=O)COc1cccc(C)c1C. The molecule has 0 aliphatic rings. The maximum Gasteiger partial charge on any atom is 0.260 e. The molecule has 1 amide bonds. The molecule has 0 spiro atoms. The van der Waals surface area contributed by atoms with Crippen molar-refractivity contribution in [3.63, 3.8) is 0 Å². The van der Waals surface area contributed by atoms with Crippen LogP contribution in [0.25, 0.3) is 11.4 Å². The van der Waals surface area contributed by atoms with E-state index in [4.69, 9.17) is 14.0 Å². The van der Waals surface area contributed by atoms with E-state index in [0.29, 0.717) is 24.0 Å². The summed E-state index contributed by atoms with van der Waals surface area (Å²) >= 11 is 0. The van der Waals surface area contributed by atoms with Crippen LogP contribution in [0.1, 0.15) is 23.9 Å². The highest BCUT2D eigenvalue weighted by Gasteiger charge is 2.18. The number of hydrogen-bond acceptors (Lipinski definition) is 6. The number of nitrogens with zero attached hydrogens (tertiary/aromatic N) is 3. The first-order valence-electron chi connectivity index (χ1n) is 9.45. The first-order valence-corrected chi connectivity index (χ1v) is 9.45. The summed E-state index contributed by atoms with van der Waals surface area (Å²) in [7, 11) is 1.61. The molecule has 3 rings (SSSR count). The van der Waals surface area contributed by atoms with Gasteiger partial charge in [-0.1, -0.05) is 17.3 Å². The molecule has 0 radical (unpaired) electrons. The van der Waals surface area contributed by atoms with Crippen LogP contribution in [0.3, 0.4) is 0 Å². The van der Waals surface area contributed by atoms with Crippen molar-refractivity contribution in [2.45, 2.75) is 27.3 Å². The summed E-state index contributed by atoms with van der Waals surface area (Å²) in [4.78, 5) is 18.6. The molecule has 0 aliphatic carbocycles. The first-order chi connectivity index (χ1) is 14.0. The number of hydrogen-bond donors (Lipinski definition) is 0. The maximum absolute atomic E-state index is 12.6. The molecule has 0 saturated carbocycles. The third-order valence-corrected chi connectivity index (χ3v) is 4.78. The van der Waals surface area contributed by atoms with Gasteiger partial charge in [-0.25, -0.2) is 0 Å². The minimum absolute atomic E-state index is 0.0440. The van der Waals surface area contributed by atoms with Crippen LogP contribution in [0.4, 0.5) is 0 Å². The van der Waals surface area contributed by atoms with Gasteiger partial charge in [-0.15, -0.1) is 0 Å². The van der Waals surface area contributed by atoms with Crippen molar-refractivity contribution < 1.29 is 18.8 Å². The molecule has 0 saturated heterocycles. The number of carbonyl (C=O) groups is 1. The number of amides is 1. The molecule has 7 nitrogen and oxygen atoms in total. The molecular weight excluding hydrogens is 370 g/mol. The lowest BCUT2D eigenvalue weighted by atomic mass is 10.1. The van der Waals surface area contributed by atoms with Crippen molar-refractivity contribution in [1.29, 1.82) is 0 Å². The molecule has 0 unspecified atom stereocenters. The number of benzene rings is 2. The second-order valence-electron chi connectivity index (χ2n) is 6.63. The predicted octanol–water partition coefficient (Wildman–Crippen LogP) is 3.79. The largest absolute Gasteiger partial charge is 0.497 e. The lowest BCUT2D eigenvalue weighted by Gasteiger charge is -2.19. The van der Waals surface area contributed by atoms with Crippen molar-refractivity contribution in [3.8, 4) is 22.9 Å². The van der Waals surface area contributed by atoms with Crippen molar-refractivity contribution in [2.24, 2.45) is 0 Å². The molecule has 0 aliphatic heterocycles. The molecule has 7 heteroatoms. The molecule has 152 valence electrons. The Hall–Kier alpha value is -3.35. The third-order valence-electron chi connectivity index (χ3n) is 4.78. The highest BCUT2D eigenvalue weighted by Crippen LogP contribution is 2.21. The van der Waals surface area contributed by atoms with Gasteiger partial charge >= 0.3 is 0 Å². The third kappa shape index (κ3) is 4.93. The Bertz CT molecular complexity index is 966. The van der Waals surface area contributed by atoms with Crippen LogP contribution in [0.5, 0.6) is 11.5 Å². The van der Waals surface area contributed by atoms with E-state index >= 15 is 0 Å².